The van der Waals surface area contributed by atoms with E-state index in [4.69, 9.17) is 21.1 Å². The Bertz CT molecular complexity index is 573. The smallest absolute Gasteiger partial charge is 0.118 e. The Balaban J connectivity index is 2.53. The van der Waals surface area contributed by atoms with Crippen LogP contribution in [0.25, 0.3) is 11.3 Å². The van der Waals surface area contributed by atoms with E-state index >= 15 is 0 Å². The molecule has 0 radical (unpaired) electrons. The zero-order valence-electron chi connectivity index (χ0n) is 12.3. The Hall–Kier alpha value is -1.45. The standard InChI is InChI=1S/C16H20ClNO2/c1-11(2)18-13(10-19-3)9-15(17)16(18)12-5-7-14(20-4)8-6-12/h5-9,11H,10H2,1-4H3. The summed E-state index contributed by atoms with van der Waals surface area (Å²) in [6.07, 6.45) is 0. The second kappa shape index (κ2) is 6.33. The van der Waals surface area contributed by atoms with Crippen LogP contribution in [0.2, 0.25) is 5.02 Å². The normalized spacial score (nSPS) is 11.1. The zero-order valence-corrected chi connectivity index (χ0v) is 13.1. The molecule has 1 aromatic carbocycles. The molecule has 0 spiro atoms. The van der Waals surface area contributed by atoms with Crippen LogP contribution < -0.4 is 4.74 Å². The zero-order chi connectivity index (χ0) is 14.7. The van der Waals surface area contributed by atoms with Crippen molar-refractivity contribution in [2.75, 3.05) is 14.2 Å². The average Bonchev–Trinajstić information content (AvgIpc) is 2.76. The number of hydrogen-bond donors (Lipinski definition) is 0. The van der Waals surface area contributed by atoms with Gasteiger partial charge in [-0.3, -0.25) is 0 Å². The van der Waals surface area contributed by atoms with Crippen molar-refractivity contribution >= 4 is 11.6 Å². The van der Waals surface area contributed by atoms with E-state index in [0.29, 0.717) is 12.6 Å². The van der Waals surface area contributed by atoms with E-state index in [1.165, 1.54) is 0 Å². The van der Waals surface area contributed by atoms with Gasteiger partial charge in [0, 0.05) is 18.8 Å². The van der Waals surface area contributed by atoms with Gasteiger partial charge in [0.15, 0.2) is 0 Å². The van der Waals surface area contributed by atoms with Crippen LogP contribution in [0.1, 0.15) is 25.6 Å². The first kappa shape index (κ1) is 14.9. The molecule has 0 aliphatic carbocycles. The van der Waals surface area contributed by atoms with Crippen molar-refractivity contribution in [1.29, 1.82) is 0 Å². The summed E-state index contributed by atoms with van der Waals surface area (Å²) in [7, 11) is 3.36. The van der Waals surface area contributed by atoms with Crippen molar-refractivity contribution in [1.82, 2.24) is 4.57 Å². The predicted octanol–water partition coefficient (Wildman–Crippen LogP) is 4.54. The highest BCUT2D eigenvalue weighted by Crippen LogP contribution is 2.35. The Kier molecular flexibility index (Phi) is 4.73. The maximum atomic E-state index is 6.43. The van der Waals surface area contributed by atoms with Crippen LogP contribution in [0.4, 0.5) is 0 Å². The van der Waals surface area contributed by atoms with Crippen molar-refractivity contribution in [3.05, 3.63) is 41.0 Å². The van der Waals surface area contributed by atoms with Crippen LogP contribution in [-0.2, 0) is 11.3 Å². The Labute approximate surface area is 125 Å². The third-order valence-electron chi connectivity index (χ3n) is 3.24. The Morgan fingerprint density at radius 2 is 1.80 bits per heavy atom. The van der Waals surface area contributed by atoms with E-state index in [0.717, 1.165) is 27.7 Å². The lowest BCUT2D eigenvalue weighted by atomic mass is 10.1. The molecule has 0 aliphatic rings. The first-order chi connectivity index (χ1) is 9.58. The van der Waals surface area contributed by atoms with Gasteiger partial charge in [-0.25, -0.2) is 0 Å². The molecule has 0 fully saturated rings. The second-order valence-corrected chi connectivity index (χ2v) is 5.36. The van der Waals surface area contributed by atoms with E-state index in [9.17, 15) is 0 Å². The van der Waals surface area contributed by atoms with Gasteiger partial charge in [0.2, 0.25) is 0 Å². The highest BCUT2D eigenvalue weighted by molar-refractivity contribution is 6.33. The molecule has 3 nitrogen and oxygen atoms in total. The summed E-state index contributed by atoms with van der Waals surface area (Å²) < 4.78 is 12.7. The number of aromatic nitrogens is 1. The van der Waals surface area contributed by atoms with Gasteiger partial charge in [-0.15, -0.1) is 0 Å². The molecule has 108 valence electrons. The van der Waals surface area contributed by atoms with Gasteiger partial charge in [0.25, 0.3) is 0 Å². The lowest BCUT2D eigenvalue weighted by Gasteiger charge is -2.17. The summed E-state index contributed by atoms with van der Waals surface area (Å²) in [4.78, 5) is 0. The monoisotopic (exact) mass is 293 g/mol. The average molecular weight is 294 g/mol. The number of hydrogen-bond acceptors (Lipinski definition) is 2. The summed E-state index contributed by atoms with van der Waals surface area (Å²) in [5.74, 6) is 0.838. The van der Waals surface area contributed by atoms with Crippen LogP contribution in [0.5, 0.6) is 5.75 Å². The van der Waals surface area contributed by atoms with Crippen molar-refractivity contribution in [3.63, 3.8) is 0 Å². The molecule has 4 heteroatoms. The molecule has 20 heavy (non-hydrogen) atoms. The van der Waals surface area contributed by atoms with E-state index in [2.05, 4.69) is 18.4 Å². The van der Waals surface area contributed by atoms with Gasteiger partial charge in [-0.05, 0) is 49.7 Å². The van der Waals surface area contributed by atoms with Crippen molar-refractivity contribution in [3.8, 4) is 17.0 Å². The lowest BCUT2D eigenvalue weighted by Crippen LogP contribution is -2.08. The first-order valence-corrected chi connectivity index (χ1v) is 6.99. The van der Waals surface area contributed by atoms with Gasteiger partial charge in [-0.2, -0.15) is 0 Å². The van der Waals surface area contributed by atoms with Crippen molar-refractivity contribution in [2.24, 2.45) is 0 Å². The summed E-state index contributed by atoms with van der Waals surface area (Å²) in [5.41, 5.74) is 3.18. The molecule has 0 aliphatic heterocycles. The van der Waals surface area contributed by atoms with Crippen molar-refractivity contribution in [2.45, 2.75) is 26.5 Å². The predicted molar refractivity (Wildman–Crippen MR) is 82.5 cm³/mol. The topological polar surface area (TPSA) is 23.4 Å². The molecule has 0 amide bonds. The van der Waals surface area contributed by atoms with Gasteiger partial charge in [0.05, 0.1) is 24.4 Å². The van der Waals surface area contributed by atoms with E-state index in [1.807, 2.05) is 30.3 Å². The third-order valence-corrected chi connectivity index (χ3v) is 3.53. The van der Waals surface area contributed by atoms with Crippen molar-refractivity contribution < 1.29 is 9.47 Å². The highest BCUT2D eigenvalue weighted by atomic mass is 35.5. The fraction of sp³-hybridized carbons (Fsp3) is 0.375. The largest absolute Gasteiger partial charge is 0.497 e. The van der Waals surface area contributed by atoms with Crippen LogP contribution >= 0.6 is 11.6 Å². The van der Waals surface area contributed by atoms with Gasteiger partial charge < -0.3 is 14.0 Å². The summed E-state index contributed by atoms with van der Waals surface area (Å²) in [6.45, 7) is 4.83. The summed E-state index contributed by atoms with van der Waals surface area (Å²) in [5, 5.41) is 0.746. The third kappa shape index (κ3) is 2.84. The molecular formula is C16H20ClNO2. The first-order valence-electron chi connectivity index (χ1n) is 6.61. The fourth-order valence-electron chi connectivity index (χ4n) is 2.42. The van der Waals surface area contributed by atoms with E-state index in [-0.39, 0.29) is 0 Å². The Morgan fingerprint density at radius 3 is 2.30 bits per heavy atom. The minimum absolute atomic E-state index is 0.310. The SMILES string of the molecule is COCc1cc(Cl)c(-c2ccc(OC)cc2)n1C(C)C. The number of nitrogens with zero attached hydrogens (tertiary/aromatic N) is 1. The second-order valence-electron chi connectivity index (χ2n) is 4.96. The quantitative estimate of drug-likeness (QED) is 0.807. The van der Waals surface area contributed by atoms with Gasteiger partial charge in [0.1, 0.15) is 5.75 Å². The molecule has 1 aromatic heterocycles. The number of benzene rings is 1. The molecule has 2 rings (SSSR count). The number of rotatable bonds is 5. The van der Waals surface area contributed by atoms with Crippen LogP contribution in [-0.4, -0.2) is 18.8 Å². The number of methoxy groups -OCH3 is 2. The molecule has 1 heterocycles. The molecule has 0 bridgehead atoms. The molecule has 0 unspecified atom stereocenters. The molecule has 0 saturated heterocycles. The molecule has 0 atom stereocenters. The molecular weight excluding hydrogens is 274 g/mol. The maximum absolute atomic E-state index is 6.43. The minimum Gasteiger partial charge on any atom is -0.497 e. The molecule has 2 aromatic rings. The van der Waals surface area contributed by atoms with Gasteiger partial charge >= 0.3 is 0 Å². The van der Waals surface area contributed by atoms with E-state index in [1.54, 1.807) is 14.2 Å². The maximum Gasteiger partial charge on any atom is 0.118 e. The van der Waals surface area contributed by atoms with Gasteiger partial charge in [-0.1, -0.05) is 11.6 Å². The van der Waals surface area contributed by atoms with Crippen LogP contribution in [0, 0.1) is 0 Å². The Morgan fingerprint density at radius 1 is 1.15 bits per heavy atom. The molecule has 0 saturated carbocycles. The van der Waals surface area contributed by atoms with E-state index < -0.39 is 0 Å². The lowest BCUT2D eigenvalue weighted by molar-refractivity contribution is 0.177. The highest BCUT2D eigenvalue weighted by Gasteiger charge is 2.17. The number of halogens is 1. The fourth-order valence-corrected chi connectivity index (χ4v) is 2.74. The summed E-state index contributed by atoms with van der Waals surface area (Å²) in [6, 6.07) is 10.2. The number of ether oxygens (including phenoxy) is 2. The van der Waals surface area contributed by atoms with Crippen LogP contribution in [0.3, 0.4) is 0 Å². The summed E-state index contributed by atoms with van der Waals surface area (Å²) >= 11 is 6.43. The van der Waals surface area contributed by atoms with Crippen LogP contribution in [0.15, 0.2) is 30.3 Å². The minimum atomic E-state index is 0.310. The molecule has 0 N–H and O–H groups in total.